The van der Waals surface area contributed by atoms with Crippen LogP contribution in [0.3, 0.4) is 0 Å². The highest BCUT2D eigenvalue weighted by atomic mass is 32.2. The Bertz CT molecular complexity index is 1170. The summed E-state index contributed by atoms with van der Waals surface area (Å²) in [4.78, 5) is 41.6. The maximum absolute atomic E-state index is 13.2. The van der Waals surface area contributed by atoms with Gasteiger partial charge in [0.1, 0.15) is 0 Å². The molecule has 1 saturated heterocycles. The molecule has 2 heterocycles. The molecule has 1 aromatic carbocycles. The Balaban J connectivity index is 2.02. The van der Waals surface area contributed by atoms with Crippen molar-refractivity contribution in [2.24, 2.45) is 0 Å². The molecule has 1 aliphatic heterocycles. The zero-order chi connectivity index (χ0) is 23.5. The van der Waals surface area contributed by atoms with E-state index in [4.69, 9.17) is 4.74 Å². The monoisotopic (exact) mass is 464 g/mol. The van der Waals surface area contributed by atoms with Crippen molar-refractivity contribution in [2.45, 2.75) is 31.7 Å². The van der Waals surface area contributed by atoms with Gasteiger partial charge in [-0.3, -0.25) is 14.4 Å². The van der Waals surface area contributed by atoms with E-state index in [1.165, 1.54) is 27.4 Å². The number of benzene rings is 1. The van der Waals surface area contributed by atoms with Crippen LogP contribution >= 0.6 is 0 Å². The second kappa shape index (κ2) is 9.80. The summed E-state index contributed by atoms with van der Waals surface area (Å²) in [5.74, 6) is -0.844. The molecule has 2 aromatic rings. The zero-order valence-electron chi connectivity index (χ0n) is 18.4. The summed E-state index contributed by atoms with van der Waals surface area (Å²) in [7, 11) is -3.79. The quantitative estimate of drug-likeness (QED) is 0.615. The van der Waals surface area contributed by atoms with Crippen LogP contribution in [0, 0.1) is 0 Å². The van der Waals surface area contributed by atoms with Crippen molar-refractivity contribution in [3.8, 4) is 0 Å². The molecule has 0 atom stereocenters. The summed E-state index contributed by atoms with van der Waals surface area (Å²) in [6, 6.07) is 5.34. The Morgan fingerprint density at radius 1 is 1.22 bits per heavy atom. The van der Waals surface area contributed by atoms with Crippen LogP contribution < -0.4 is 10.9 Å². The van der Waals surface area contributed by atoms with Crippen LogP contribution in [0.5, 0.6) is 0 Å². The smallest absolute Gasteiger partial charge is 0.255 e. The van der Waals surface area contributed by atoms with E-state index in [1.54, 1.807) is 6.92 Å². The van der Waals surface area contributed by atoms with Crippen LogP contribution in [0.4, 0.5) is 0 Å². The first kappa shape index (κ1) is 23.9. The molecule has 0 aliphatic carbocycles. The topological polar surface area (TPSA) is 129 Å². The third-order valence-corrected chi connectivity index (χ3v) is 7.00. The number of nitrogens with one attached hydrogen (secondary N) is 2. The third kappa shape index (κ3) is 5.17. The number of carbonyl (C=O) groups is 2. The summed E-state index contributed by atoms with van der Waals surface area (Å²) < 4.78 is 32.7. The minimum atomic E-state index is -3.79. The Hall–Kier alpha value is -2.76. The molecule has 32 heavy (non-hydrogen) atoms. The lowest BCUT2D eigenvalue weighted by molar-refractivity contribution is -0.122. The van der Waals surface area contributed by atoms with Gasteiger partial charge in [-0.15, -0.1) is 0 Å². The zero-order valence-corrected chi connectivity index (χ0v) is 19.2. The summed E-state index contributed by atoms with van der Waals surface area (Å²) >= 11 is 0. The molecule has 2 N–H and O–H groups in total. The average molecular weight is 465 g/mol. The van der Waals surface area contributed by atoms with E-state index in [9.17, 15) is 22.8 Å². The number of hydrogen-bond donors (Lipinski definition) is 2. The van der Waals surface area contributed by atoms with Gasteiger partial charge >= 0.3 is 0 Å². The first-order valence-electron chi connectivity index (χ1n) is 10.5. The van der Waals surface area contributed by atoms with E-state index >= 15 is 0 Å². The Morgan fingerprint density at radius 2 is 1.91 bits per heavy atom. The van der Waals surface area contributed by atoms with Crippen LogP contribution in [-0.4, -0.2) is 79.9 Å². The summed E-state index contributed by atoms with van der Waals surface area (Å²) in [5.41, 5.74) is -0.112. The van der Waals surface area contributed by atoms with Crippen LogP contribution in [0.25, 0.3) is 10.9 Å². The maximum Gasteiger partial charge on any atom is 0.255 e. The number of rotatable bonds is 7. The van der Waals surface area contributed by atoms with Crippen LogP contribution in [0.2, 0.25) is 0 Å². The molecule has 0 saturated carbocycles. The molecule has 0 bridgehead atoms. The molecule has 2 amide bonds. The second-order valence-electron chi connectivity index (χ2n) is 7.81. The molecule has 0 unspecified atom stereocenters. The Kier molecular flexibility index (Phi) is 7.32. The largest absolute Gasteiger partial charge is 0.379 e. The number of likely N-dealkylation sites (N-methyl/N-ethyl adjacent to an activating group) is 1. The highest BCUT2D eigenvalue weighted by molar-refractivity contribution is 7.89. The van der Waals surface area contributed by atoms with Crippen LogP contribution in [-0.2, 0) is 19.6 Å². The normalized spacial score (nSPS) is 15.1. The predicted octanol–water partition coefficient (Wildman–Crippen LogP) is 0.536. The van der Waals surface area contributed by atoms with E-state index in [-0.39, 0.29) is 48.6 Å². The number of ether oxygens (including phenoxy) is 1. The number of amides is 2. The van der Waals surface area contributed by atoms with Crippen molar-refractivity contribution in [3.05, 3.63) is 40.2 Å². The van der Waals surface area contributed by atoms with E-state index in [0.717, 1.165) is 6.07 Å². The maximum atomic E-state index is 13.2. The molecule has 10 nitrogen and oxygen atoms in total. The average Bonchev–Trinajstić information content (AvgIpc) is 2.76. The summed E-state index contributed by atoms with van der Waals surface area (Å²) in [5, 5.41) is 3.03. The minimum absolute atomic E-state index is 0.0219. The predicted molar refractivity (Wildman–Crippen MR) is 119 cm³/mol. The highest BCUT2D eigenvalue weighted by Gasteiger charge is 2.28. The molecule has 0 spiro atoms. The van der Waals surface area contributed by atoms with Gasteiger partial charge in [0.05, 0.1) is 30.2 Å². The Labute approximate surface area is 186 Å². The number of morpholine rings is 1. The van der Waals surface area contributed by atoms with Gasteiger partial charge in [0.15, 0.2) is 0 Å². The first-order valence-corrected chi connectivity index (χ1v) is 11.9. The van der Waals surface area contributed by atoms with Crippen molar-refractivity contribution >= 4 is 32.7 Å². The molecule has 174 valence electrons. The van der Waals surface area contributed by atoms with Gasteiger partial charge in [-0.1, -0.05) is 0 Å². The summed E-state index contributed by atoms with van der Waals surface area (Å²) in [6.07, 6.45) is 0. The van der Waals surface area contributed by atoms with Crippen LogP contribution in [0.15, 0.2) is 34.0 Å². The number of nitrogens with zero attached hydrogens (tertiary/aromatic N) is 2. The fourth-order valence-electron chi connectivity index (χ4n) is 3.54. The number of hydrogen-bond acceptors (Lipinski definition) is 6. The standard InChI is InChI=1S/C21H28N4O6S/c1-4-24(13-20(27)22-14(2)3)21(28)17-12-19(26)23-18-6-5-15(11-16(17)18)32(29,30)25-7-9-31-10-8-25/h5-6,11-12,14H,4,7-10,13H2,1-3H3,(H,22,27)(H,23,26). The summed E-state index contributed by atoms with van der Waals surface area (Å²) in [6.45, 7) is 6.54. The number of aromatic nitrogens is 1. The van der Waals surface area contributed by atoms with Gasteiger partial charge in [0, 0.05) is 42.6 Å². The van der Waals surface area contributed by atoms with Crippen molar-refractivity contribution in [3.63, 3.8) is 0 Å². The van der Waals surface area contributed by atoms with Gasteiger partial charge < -0.3 is 19.9 Å². The molecule has 0 radical (unpaired) electrons. The fraction of sp³-hybridized carbons (Fsp3) is 0.476. The third-order valence-electron chi connectivity index (χ3n) is 5.11. The lowest BCUT2D eigenvalue weighted by atomic mass is 10.1. The molecular weight excluding hydrogens is 436 g/mol. The first-order chi connectivity index (χ1) is 15.1. The highest BCUT2D eigenvalue weighted by Crippen LogP contribution is 2.24. The van der Waals surface area contributed by atoms with Crippen molar-refractivity contribution in [1.82, 2.24) is 19.5 Å². The molecule has 1 fully saturated rings. The van der Waals surface area contributed by atoms with E-state index in [1.807, 2.05) is 13.8 Å². The molecule has 11 heteroatoms. The van der Waals surface area contributed by atoms with Gasteiger partial charge in [0.25, 0.3) is 5.91 Å². The van der Waals surface area contributed by atoms with Crippen LogP contribution in [0.1, 0.15) is 31.1 Å². The van der Waals surface area contributed by atoms with E-state index < -0.39 is 21.5 Å². The van der Waals surface area contributed by atoms with Crippen molar-refractivity contribution in [1.29, 1.82) is 0 Å². The Morgan fingerprint density at radius 3 is 2.53 bits per heavy atom. The van der Waals surface area contributed by atoms with E-state index in [2.05, 4.69) is 10.3 Å². The molecule has 1 aliphatic rings. The lowest BCUT2D eigenvalue weighted by Gasteiger charge is -2.26. The van der Waals surface area contributed by atoms with Crippen molar-refractivity contribution < 1.29 is 22.7 Å². The molecule has 1 aromatic heterocycles. The fourth-order valence-corrected chi connectivity index (χ4v) is 4.98. The van der Waals surface area contributed by atoms with Gasteiger partial charge in [-0.25, -0.2) is 8.42 Å². The second-order valence-corrected chi connectivity index (χ2v) is 9.75. The number of aromatic amines is 1. The lowest BCUT2D eigenvalue weighted by Crippen LogP contribution is -2.43. The number of fused-ring (bicyclic) bond motifs is 1. The van der Waals surface area contributed by atoms with E-state index in [0.29, 0.717) is 24.1 Å². The number of carbonyl (C=O) groups excluding carboxylic acids is 2. The number of sulfonamides is 1. The van der Waals surface area contributed by atoms with Gasteiger partial charge in [-0.2, -0.15) is 4.31 Å². The SMILES string of the molecule is CCN(CC(=O)NC(C)C)C(=O)c1cc(=O)[nH]c2ccc(S(=O)(=O)N3CCOCC3)cc12. The number of pyridine rings is 1. The molecular formula is C21H28N4O6S. The minimum Gasteiger partial charge on any atom is -0.379 e. The van der Waals surface area contributed by atoms with Gasteiger partial charge in [-0.05, 0) is 39.0 Å². The van der Waals surface area contributed by atoms with Crippen molar-refractivity contribution in [2.75, 3.05) is 39.4 Å². The number of H-pyrrole nitrogens is 1. The molecule has 3 rings (SSSR count). The van der Waals surface area contributed by atoms with Gasteiger partial charge in [0.2, 0.25) is 21.5 Å².